The maximum absolute atomic E-state index is 12.0. The van der Waals surface area contributed by atoms with E-state index < -0.39 is 0 Å². The normalized spacial score (nSPS) is 20.8. The number of likely N-dealkylation sites (tertiary alicyclic amines) is 1. The van der Waals surface area contributed by atoms with E-state index in [1.165, 1.54) is 0 Å². The monoisotopic (exact) mass is 315 g/mol. The summed E-state index contributed by atoms with van der Waals surface area (Å²) in [6, 6.07) is 10.0. The molecule has 0 saturated carbocycles. The minimum absolute atomic E-state index is 0.0471. The molecule has 1 heterocycles. The highest BCUT2D eigenvalue weighted by molar-refractivity contribution is 5.67. The van der Waals surface area contributed by atoms with Crippen LogP contribution < -0.4 is 0 Å². The number of carbonyl (C=O) groups is 1. The molecule has 2 atom stereocenters. The Hall–Kier alpha value is -1.99. The Morgan fingerprint density at radius 2 is 2.17 bits per heavy atom. The van der Waals surface area contributed by atoms with Crippen LogP contribution in [0.1, 0.15) is 31.7 Å². The molecule has 23 heavy (non-hydrogen) atoms. The zero-order valence-corrected chi connectivity index (χ0v) is 13.7. The number of carbonyl (C=O) groups excluding carboxylic acids is 1. The molecule has 0 aromatic heterocycles. The molecular weight excluding hydrogens is 290 g/mol. The number of amides is 1. The lowest BCUT2D eigenvalue weighted by molar-refractivity contribution is -0.0430. The fourth-order valence-electron chi connectivity index (χ4n) is 2.76. The van der Waals surface area contributed by atoms with Crippen LogP contribution in [0.15, 0.2) is 30.3 Å². The molecule has 2 rings (SSSR count). The van der Waals surface area contributed by atoms with Crippen molar-refractivity contribution in [1.29, 1.82) is 0 Å². The van der Waals surface area contributed by atoms with Gasteiger partial charge in [0.05, 0.1) is 25.9 Å². The molecule has 2 unspecified atom stereocenters. The highest BCUT2D eigenvalue weighted by Gasteiger charge is 2.32. The first-order chi connectivity index (χ1) is 11.2. The predicted molar refractivity (Wildman–Crippen MR) is 89.8 cm³/mol. The van der Waals surface area contributed by atoms with Crippen molar-refractivity contribution in [3.05, 3.63) is 35.9 Å². The average Bonchev–Trinajstić information content (AvgIpc) is 2.60. The fraction of sp³-hybridized carbons (Fsp3) is 0.526. The van der Waals surface area contributed by atoms with Gasteiger partial charge in [-0.3, -0.25) is 0 Å². The average molecular weight is 315 g/mol. The summed E-state index contributed by atoms with van der Waals surface area (Å²) in [7, 11) is 0. The van der Waals surface area contributed by atoms with Gasteiger partial charge in [0.15, 0.2) is 0 Å². The molecule has 1 aliphatic heterocycles. The third kappa shape index (κ3) is 5.30. The number of terminal acetylenes is 1. The summed E-state index contributed by atoms with van der Waals surface area (Å²) >= 11 is 0. The van der Waals surface area contributed by atoms with Gasteiger partial charge in [-0.1, -0.05) is 37.3 Å². The van der Waals surface area contributed by atoms with Crippen LogP contribution in [0.2, 0.25) is 0 Å². The molecule has 1 saturated heterocycles. The first-order valence-corrected chi connectivity index (χ1v) is 8.25. The Labute approximate surface area is 138 Å². The molecule has 124 valence electrons. The van der Waals surface area contributed by atoms with E-state index in [9.17, 15) is 4.79 Å². The number of rotatable bonds is 6. The number of hydrogen-bond acceptors (Lipinski definition) is 3. The van der Waals surface area contributed by atoms with Crippen molar-refractivity contribution in [2.75, 3.05) is 19.7 Å². The highest BCUT2D eigenvalue weighted by atomic mass is 16.6. The Balaban J connectivity index is 1.93. The van der Waals surface area contributed by atoms with Gasteiger partial charge in [-0.05, 0) is 24.3 Å². The van der Waals surface area contributed by atoms with Crippen molar-refractivity contribution in [2.24, 2.45) is 5.92 Å². The van der Waals surface area contributed by atoms with Crippen LogP contribution in [-0.2, 0) is 16.1 Å². The van der Waals surface area contributed by atoms with Gasteiger partial charge >= 0.3 is 6.09 Å². The zero-order valence-electron chi connectivity index (χ0n) is 13.7. The molecule has 0 N–H and O–H groups in total. The largest absolute Gasteiger partial charge is 0.449 e. The van der Waals surface area contributed by atoms with Crippen molar-refractivity contribution < 1.29 is 14.3 Å². The molecule has 1 fully saturated rings. The second-order valence-corrected chi connectivity index (χ2v) is 5.85. The molecule has 0 aliphatic carbocycles. The smallest absolute Gasteiger partial charge is 0.409 e. The fourth-order valence-corrected chi connectivity index (χ4v) is 2.76. The summed E-state index contributed by atoms with van der Waals surface area (Å²) in [5.74, 6) is 3.02. The van der Waals surface area contributed by atoms with E-state index in [1.807, 2.05) is 37.3 Å². The van der Waals surface area contributed by atoms with E-state index in [1.54, 1.807) is 4.90 Å². The van der Waals surface area contributed by atoms with Crippen LogP contribution in [0.5, 0.6) is 0 Å². The van der Waals surface area contributed by atoms with E-state index >= 15 is 0 Å². The second kappa shape index (κ2) is 9.22. The van der Waals surface area contributed by atoms with Crippen LogP contribution >= 0.6 is 0 Å². The standard InChI is InChI=1S/C19H25NO3/c1-3-8-17-11-12-20(19(21)22-13-4-2)14-18(17)23-15-16-9-6-5-7-10-16/h1,5-7,9-10,17-18H,4,8,11-15H2,2H3. The minimum Gasteiger partial charge on any atom is -0.449 e. The van der Waals surface area contributed by atoms with E-state index in [0.29, 0.717) is 38.6 Å². The van der Waals surface area contributed by atoms with Gasteiger partial charge in [-0.15, -0.1) is 12.3 Å². The second-order valence-electron chi connectivity index (χ2n) is 5.85. The maximum Gasteiger partial charge on any atom is 0.409 e. The number of piperidine rings is 1. The number of benzene rings is 1. The van der Waals surface area contributed by atoms with E-state index in [2.05, 4.69) is 5.92 Å². The molecule has 4 heteroatoms. The summed E-state index contributed by atoms with van der Waals surface area (Å²) in [4.78, 5) is 13.8. The summed E-state index contributed by atoms with van der Waals surface area (Å²) < 4.78 is 11.3. The molecule has 1 aliphatic rings. The first kappa shape index (κ1) is 17.4. The molecule has 1 aromatic carbocycles. The van der Waals surface area contributed by atoms with Crippen molar-refractivity contribution >= 4 is 6.09 Å². The summed E-state index contributed by atoms with van der Waals surface area (Å²) in [6.07, 6.45) is 7.54. The lowest BCUT2D eigenvalue weighted by atomic mass is 9.91. The van der Waals surface area contributed by atoms with E-state index in [4.69, 9.17) is 15.9 Å². The molecule has 0 bridgehead atoms. The number of ether oxygens (including phenoxy) is 2. The lowest BCUT2D eigenvalue weighted by Gasteiger charge is -2.37. The summed E-state index contributed by atoms with van der Waals surface area (Å²) in [5.41, 5.74) is 1.12. The van der Waals surface area contributed by atoms with Crippen LogP contribution in [0.4, 0.5) is 4.79 Å². The summed E-state index contributed by atoms with van der Waals surface area (Å²) in [5, 5.41) is 0. The Bertz CT molecular complexity index is 523. The van der Waals surface area contributed by atoms with Crippen LogP contribution in [0, 0.1) is 18.3 Å². The maximum atomic E-state index is 12.0. The molecule has 0 radical (unpaired) electrons. The minimum atomic E-state index is -0.251. The van der Waals surface area contributed by atoms with Crippen LogP contribution in [-0.4, -0.2) is 36.8 Å². The zero-order chi connectivity index (χ0) is 16.5. The molecule has 1 amide bonds. The Morgan fingerprint density at radius 1 is 1.39 bits per heavy atom. The van der Waals surface area contributed by atoms with Crippen molar-refractivity contribution in [2.45, 2.75) is 38.9 Å². The van der Waals surface area contributed by atoms with Crippen LogP contribution in [0.25, 0.3) is 0 Å². The SMILES string of the molecule is C#CCC1CCN(C(=O)OCCC)CC1OCc1ccccc1. The lowest BCUT2D eigenvalue weighted by Crippen LogP contribution is -2.47. The Morgan fingerprint density at radius 3 is 2.87 bits per heavy atom. The topological polar surface area (TPSA) is 38.8 Å². The molecule has 0 spiro atoms. The van der Waals surface area contributed by atoms with Gasteiger partial charge < -0.3 is 14.4 Å². The number of nitrogens with zero attached hydrogens (tertiary/aromatic N) is 1. The Kier molecular flexibility index (Phi) is 6.96. The predicted octanol–water partition coefficient (Wildman–Crippen LogP) is 3.46. The van der Waals surface area contributed by atoms with Gasteiger partial charge in [-0.25, -0.2) is 4.79 Å². The van der Waals surface area contributed by atoms with Gasteiger partial charge in [-0.2, -0.15) is 0 Å². The van der Waals surface area contributed by atoms with E-state index in [0.717, 1.165) is 18.4 Å². The first-order valence-electron chi connectivity index (χ1n) is 8.25. The quantitative estimate of drug-likeness (QED) is 0.755. The third-order valence-corrected chi connectivity index (χ3v) is 4.07. The van der Waals surface area contributed by atoms with Crippen molar-refractivity contribution in [3.63, 3.8) is 0 Å². The van der Waals surface area contributed by atoms with Crippen molar-refractivity contribution in [3.8, 4) is 12.3 Å². The van der Waals surface area contributed by atoms with E-state index in [-0.39, 0.29) is 12.2 Å². The van der Waals surface area contributed by atoms with Gasteiger partial charge in [0.2, 0.25) is 0 Å². The third-order valence-electron chi connectivity index (χ3n) is 4.07. The summed E-state index contributed by atoms with van der Waals surface area (Å²) in [6.45, 7) is 4.20. The molecule has 1 aromatic rings. The van der Waals surface area contributed by atoms with Gasteiger partial charge in [0.1, 0.15) is 0 Å². The molecular formula is C19H25NO3. The highest BCUT2D eigenvalue weighted by Crippen LogP contribution is 2.25. The molecule has 4 nitrogen and oxygen atoms in total. The number of hydrogen-bond donors (Lipinski definition) is 0. The van der Waals surface area contributed by atoms with Gasteiger partial charge in [0.25, 0.3) is 0 Å². The van der Waals surface area contributed by atoms with Crippen LogP contribution in [0.3, 0.4) is 0 Å². The van der Waals surface area contributed by atoms with Gasteiger partial charge in [0, 0.05) is 13.0 Å². The van der Waals surface area contributed by atoms with Crippen molar-refractivity contribution in [1.82, 2.24) is 4.90 Å².